The van der Waals surface area contributed by atoms with Gasteiger partial charge in [-0.25, -0.2) is 0 Å². The molecule has 13 heavy (non-hydrogen) atoms. The van der Waals surface area contributed by atoms with Gasteiger partial charge in [-0.05, 0) is 18.6 Å². The van der Waals surface area contributed by atoms with E-state index >= 15 is 0 Å². The molecule has 0 heterocycles. The maximum absolute atomic E-state index is 8.52. The normalized spacial score (nSPS) is 8.15. The highest BCUT2D eigenvalue weighted by Crippen LogP contribution is 2.21. The minimum Gasteiger partial charge on any atom is -0.399 e. The second-order valence-corrected chi connectivity index (χ2v) is 2.34. The minimum atomic E-state index is 0.599. The molecule has 0 atom stereocenters. The Morgan fingerprint density at radius 2 is 2.15 bits per heavy atom. The lowest BCUT2D eigenvalue weighted by atomic mass is 10.1. The molecule has 1 aromatic carbocycles. The predicted molar refractivity (Wildman–Crippen MR) is 53.0 cm³/mol. The predicted octanol–water partition coefficient (Wildman–Crippen LogP) is 2.45. The third kappa shape index (κ3) is 3.28. The Morgan fingerprint density at radius 1 is 1.54 bits per heavy atom. The molecule has 0 radical (unpaired) electrons. The first kappa shape index (κ1) is 11.7. The molecule has 0 saturated carbocycles. The summed E-state index contributed by atoms with van der Waals surface area (Å²) < 4.78 is 6.47. The average Bonchev–Trinajstić information content (AvgIpc) is 2.20. The highest BCUT2D eigenvalue weighted by molar-refractivity contribution is 6.04. The van der Waals surface area contributed by atoms with Crippen LogP contribution in [0.4, 0.5) is 11.4 Å². The van der Waals surface area contributed by atoms with Gasteiger partial charge in [0.25, 0.3) is 0 Å². The first-order chi connectivity index (χ1) is 6.27. The van der Waals surface area contributed by atoms with Crippen LogP contribution >= 0.6 is 11.9 Å². The Labute approximate surface area is 81.7 Å². The molecule has 0 aliphatic carbocycles. The van der Waals surface area contributed by atoms with Crippen molar-refractivity contribution >= 4 is 23.2 Å². The van der Waals surface area contributed by atoms with Gasteiger partial charge in [0, 0.05) is 17.3 Å². The third-order valence-corrected chi connectivity index (χ3v) is 1.59. The number of halogens is 1. The smallest absolute Gasteiger partial charge is 0.388 e. The van der Waals surface area contributed by atoms with Crippen LogP contribution in [0.25, 0.3) is 4.98 Å². The summed E-state index contributed by atoms with van der Waals surface area (Å²) in [5.74, 6) is 0. The van der Waals surface area contributed by atoms with E-state index in [2.05, 4.69) is 16.8 Å². The van der Waals surface area contributed by atoms with E-state index in [1.807, 2.05) is 13.0 Å². The van der Waals surface area contributed by atoms with Crippen LogP contribution in [0, 0.1) is 5.39 Å². The van der Waals surface area contributed by atoms with Crippen LogP contribution in [-0.2, 0) is 6.42 Å². The molecule has 3 N–H and O–H groups in total. The van der Waals surface area contributed by atoms with Crippen LogP contribution in [0.15, 0.2) is 18.2 Å². The van der Waals surface area contributed by atoms with Crippen molar-refractivity contribution in [1.29, 1.82) is 5.39 Å². The topological polar surface area (TPSA) is 74.4 Å². The van der Waals surface area contributed by atoms with Crippen molar-refractivity contribution in [3.63, 3.8) is 0 Å². The number of hydrogen-bond acceptors (Lipinski definition) is 3. The van der Waals surface area contributed by atoms with Crippen LogP contribution in [0.3, 0.4) is 0 Å². The van der Waals surface area contributed by atoms with Gasteiger partial charge in [0.05, 0.1) is 11.9 Å². The van der Waals surface area contributed by atoms with Gasteiger partial charge in [0.1, 0.15) is 0 Å². The van der Waals surface area contributed by atoms with Gasteiger partial charge in [-0.2, -0.15) is 0 Å². The molecule has 0 aliphatic rings. The van der Waals surface area contributed by atoms with Crippen LogP contribution in [0.1, 0.15) is 12.5 Å². The quantitative estimate of drug-likeness (QED) is 0.540. The van der Waals surface area contributed by atoms with E-state index < -0.39 is 0 Å². The van der Waals surface area contributed by atoms with Crippen molar-refractivity contribution in [1.82, 2.24) is 0 Å². The number of anilines is 1. The highest BCUT2D eigenvalue weighted by atomic mass is 35.5. The second-order valence-electron chi connectivity index (χ2n) is 2.34. The van der Waals surface area contributed by atoms with Gasteiger partial charge in [-0.3, -0.25) is 4.66 Å². The van der Waals surface area contributed by atoms with Gasteiger partial charge < -0.3 is 5.73 Å². The van der Waals surface area contributed by atoms with Gasteiger partial charge in [0.2, 0.25) is 5.39 Å². The van der Waals surface area contributed by atoms with E-state index in [1.165, 1.54) is 0 Å². The fraction of sp³-hybridized carbons (Fsp3) is 0.250. The number of nitrogen functional groups attached to an aromatic ring is 1. The van der Waals surface area contributed by atoms with Crippen LogP contribution in [0.5, 0.6) is 0 Å². The molecule has 1 rings (SSSR count). The number of nitrogens with zero attached hydrogens (tertiary/aromatic N) is 2. The number of rotatable bonds is 1. The molecule has 0 spiro atoms. The summed E-state index contributed by atoms with van der Waals surface area (Å²) in [5, 5.41) is 8.52. The number of hydrogen-bond donors (Lipinski definition) is 2. The average molecular weight is 201 g/mol. The zero-order valence-electron chi connectivity index (χ0n) is 7.24. The van der Waals surface area contributed by atoms with Crippen molar-refractivity contribution < 1.29 is 4.66 Å². The van der Waals surface area contributed by atoms with Crippen LogP contribution in [-0.4, -0.2) is 4.66 Å². The Balaban J connectivity index is 0.000000671. The monoisotopic (exact) mass is 200 g/mol. The molecular weight excluding hydrogens is 190 g/mol. The molecule has 0 bridgehead atoms. The van der Waals surface area contributed by atoms with E-state index in [0.717, 1.165) is 12.0 Å². The molecule has 4 nitrogen and oxygen atoms in total. The maximum atomic E-state index is 8.52. The van der Waals surface area contributed by atoms with E-state index in [1.54, 1.807) is 12.1 Å². The fourth-order valence-electron chi connectivity index (χ4n) is 0.986. The number of diazo groups is 1. The Bertz CT molecular complexity index is 309. The first-order valence-electron chi connectivity index (χ1n) is 3.68. The minimum absolute atomic E-state index is 0.599. The standard InChI is InChI=1S/C8H10N3.ClHO/c1-2-6-5-7(9)3-4-8(6)11-10;1-2/h3-5H,2,9H2,1H3;2H/q+1;. The summed E-state index contributed by atoms with van der Waals surface area (Å²) in [6.45, 7) is 1.99. The maximum Gasteiger partial charge on any atom is 0.388 e. The van der Waals surface area contributed by atoms with Gasteiger partial charge in [-0.1, -0.05) is 6.92 Å². The van der Waals surface area contributed by atoms with Crippen molar-refractivity contribution in [2.45, 2.75) is 13.3 Å². The lowest BCUT2D eigenvalue weighted by Crippen LogP contribution is -1.86. The van der Waals surface area contributed by atoms with Crippen molar-refractivity contribution in [3.05, 3.63) is 28.7 Å². The molecule has 0 fully saturated rings. The van der Waals surface area contributed by atoms with Gasteiger partial charge >= 0.3 is 5.69 Å². The molecule has 0 unspecified atom stereocenters. The molecule has 0 saturated heterocycles. The first-order valence-corrected chi connectivity index (χ1v) is 4.02. The molecule has 0 amide bonds. The summed E-state index contributed by atoms with van der Waals surface area (Å²) >= 11 is 3.64. The second kappa shape index (κ2) is 6.23. The fourth-order valence-corrected chi connectivity index (χ4v) is 0.986. The van der Waals surface area contributed by atoms with E-state index in [-0.39, 0.29) is 0 Å². The molecule has 0 aliphatic heterocycles. The summed E-state index contributed by atoms with van der Waals surface area (Å²) in [5.41, 5.74) is 7.80. The van der Waals surface area contributed by atoms with E-state index in [0.29, 0.717) is 11.4 Å². The zero-order valence-corrected chi connectivity index (χ0v) is 7.99. The Kier molecular flexibility index (Phi) is 5.60. The van der Waals surface area contributed by atoms with Crippen molar-refractivity contribution in [2.24, 2.45) is 0 Å². The number of benzene rings is 1. The molecule has 1 aromatic rings. The SMILES string of the molecule is CCc1cc(N)ccc1[N+]#N.OCl. The molecule has 5 heteroatoms. The summed E-state index contributed by atoms with van der Waals surface area (Å²) in [7, 11) is 0. The third-order valence-electron chi connectivity index (χ3n) is 1.59. The lowest BCUT2D eigenvalue weighted by molar-refractivity contribution is 0.632. The number of nitrogens with two attached hydrogens (primary N) is 1. The molecular formula is C8H11ClN3O+. The largest absolute Gasteiger partial charge is 0.399 e. The summed E-state index contributed by atoms with van der Waals surface area (Å²) in [6.07, 6.45) is 0.824. The molecule has 0 aromatic heterocycles. The van der Waals surface area contributed by atoms with E-state index in [9.17, 15) is 0 Å². The summed E-state index contributed by atoms with van der Waals surface area (Å²) in [4.78, 5) is 3.13. The number of aryl methyl sites for hydroxylation is 1. The van der Waals surface area contributed by atoms with Gasteiger partial charge in [-0.15, -0.1) is 0 Å². The van der Waals surface area contributed by atoms with Crippen molar-refractivity contribution in [2.75, 3.05) is 5.73 Å². The zero-order chi connectivity index (χ0) is 10.3. The Morgan fingerprint density at radius 3 is 2.62 bits per heavy atom. The molecule has 70 valence electrons. The highest BCUT2D eigenvalue weighted by Gasteiger charge is 2.10. The van der Waals surface area contributed by atoms with Crippen molar-refractivity contribution in [3.8, 4) is 0 Å². The Hall–Kier alpha value is -1.31. The summed E-state index contributed by atoms with van der Waals surface area (Å²) in [6, 6.07) is 5.23. The van der Waals surface area contributed by atoms with Crippen LogP contribution < -0.4 is 5.73 Å². The lowest BCUT2D eigenvalue weighted by Gasteiger charge is -1.93. The van der Waals surface area contributed by atoms with E-state index in [4.69, 9.17) is 15.8 Å². The van der Waals surface area contributed by atoms with Gasteiger partial charge in [0.15, 0.2) is 4.98 Å². The van der Waals surface area contributed by atoms with Crippen LogP contribution in [0.2, 0.25) is 0 Å².